The van der Waals surface area contributed by atoms with Crippen molar-refractivity contribution in [1.29, 1.82) is 0 Å². The number of carbonyl (C=O) groups is 1. The summed E-state index contributed by atoms with van der Waals surface area (Å²) in [5.74, 6) is -0.00879. The van der Waals surface area contributed by atoms with E-state index in [2.05, 4.69) is 21.2 Å². The fraction of sp³-hybridized carbons (Fsp3) is 0.533. The standard InChI is InChI=1S/C15H20BrNO2/c1-15(11-16,12-7-3-2-4-8-12)17-14(18)13-9-5-6-10-19-13/h2-4,7-8,13H,5-6,9-11H2,1H3,(H,17,18). The van der Waals surface area contributed by atoms with E-state index in [1.807, 2.05) is 37.3 Å². The molecule has 1 aliphatic rings. The van der Waals surface area contributed by atoms with Crippen LogP contribution in [0.15, 0.2) is 30.3 Å². The molecule has 4 heteroatoms. The van der Waals surface area contributed by atoms with Gasteiger partial charge in [0, 0.05) is 11.9 Å². The number of ether oxygens (including phenoxy) is 1. The van der Waals surface area contributed by atoms with E-state index in [0.29, 0.717) is 11.9 Å². The molecule has 19 heavy (non-hydrogen) atoms. The fourth-order valence-corrected chi connectivity index (χ4v) is 2.75. The largest absolute Gasteiger partial charge is 0.368 e. The van der Waals surface area contributed by atoms with Gasteiger partial charge in [0.2, 0.25) is 5.91 Å². The molecule has 0 radical (unpaired) electrons. The monoisotopic (exact) mass is 325 g/mol. The van der Waals surface area contributed by atoms with Crippen LogP contribution in [0.5, 0.6) is 0 Å². The quantitative estimate of drug-likeness (QED) is 0.864. The van der Waals surface area contributed by atoms with Gasteiger partial charge < -0.3 is 10.1 Å². The van der Waals surface area contributed by atoms with Gasteiger partial charge in [0.15, 0.2) is 0 Å². The first-order chi connectivity index (χ1) is 9.15. The van der Waals surface area contributed by atoms with Crippen LogP contribution in [0.4, 0.5) is 0 Å². The summed E-state index contributed by atoms with van der Waals surface area (Å²) in [5.41, 5.74) is 0.690. The van der Waals surface area contributed by atoms with Gasteiger partial charge >= 0.3 is 0 Å². The van der Waals surface area contributed by atoms with Gasteiger partial charge in [0.1, 0.15) is 6.10 Å². The van der Waals surface area contributed by atoms with Gasteiger partial charge in [-0.1, -0.05) is 46.3 Å². The predicted octanol–water partition coefficient (Wildman–Crippen LogP) is 2.98. The Balaban J connectivity index is 2.07. The van der Waals surface area contributed by atoms with E-state index in [1.165, 1.54) is 0 Å². The molecule has 1 aromatic rings. The molecule has 0 saturated carbocycles. The first-order valence-electron chi connectivity index (χ1n) is 6.71. The smallest absolute Gasteiger partial charge is 0.249 e. The number of carbonyl (C=O) groups excluding carboxylic acids is 1. The maximum Gasteiger partial charge on any atom is 0.249 e. The van der Waals surface area contributed by atoms with Gasteiger partial charge in [-0.3, -0.25) is 4.79 Å². The number of halogens is 1. The number of rotatable bonds is 4. The van der Waals surface area contributed by atoms with E-state index < -0.39 is 5.54 Å². The molecule has 1 amide bonds. The second-order valence-electron chi connectivity index (χ2n) is 5.18. The van der Waals surface area contributed by atoms with Crippen LogP contribution in [0.2, 0.25) is 0 Å². The zero-order valence-electron chi connectivity index (χ0n) is 11.2. The Morgan fingerprint density at radius 1 is 1.42 bits per heavy atom. The molecule has 1 aromatic carbocycles. The highest BCUT2D eigenvalue weighted by molar-refractivity contribution is 9.09. The highest BCUT2D eigenvalue weighted by atomic mass is 79.9. The molecule has 0 bridgehead atoms. The molecule has 0 spiro atoms. The van der Waals surface area contributed by atoms with Crippen molar-refractivity contribution < 1.29 is 9.53 Å². The maximum atomic E-state index is 12.3. The zero-order chi connectivity index (χ0) is 13.7. The van der Waals surface area contributed by atoms with Crippen molar-refractivity contribution in [3.8, 4) is 0 Å². The molecule has 1 aliphatic heterocycles. The molecular formula is C15H20BrNO2. The molecule has 1 N–H and O–H groups in total. The summed E-state index contributed by atoms with van der Waals surface area (Å²) >= 11 is 3.51. The third-order valence-electron chi connectivity index (χ3n) is 3.55. The van der Waals surface area contributed by atoms with E-state index in [4.69, 9.17) is 4.74 Å². The van der Waals surface area contributed by atoms with Crippen LogP contribution in [0.25, 0.3) is 0 Å². The summed E-state index contributed by atoms with van der Waals surface area (Å²) in [5, 5.41) is 3.79. The molecule has 2 rings (SSSR count). The Morgan fingerprint density at radius 3 is 2.74 bits per heavy atom. The first kappa shape index (κ1) is 14.5. The lowest BCUT2D eigenvalue weighted by Crippen LogP contribution is -2.50. The molecule has 1 fully saturated rings. The topological polar surface area (TPSA) is 38.3 Å². The molecule has 2 unspecified atom stereocenters. The van der Waals surface area contributed by atoms with Gasteiger partial charge in [-0.25, -0.2) is 0 Å². The Hall–Kier alpha value is -0.870. The van der Waals surface area contributed by atoms with Gasteiger partial charge in [-0.2, -0.15) is 0 Å². The minimum atomic E-state index is -0.404. The van der Waals surface area contributed by atoms with E-state index in [9.17, 15) is 4.79 Å². The van der Waals surface area contributed by atoms with Crippen molar-refractivity contribution in [1.82, 2.24) is 5.32 Å². The summed E-state index contributed by atoms with van der Waals surface area (Å²) in [6.07, 6.45) is 2.64. The van der Waals surface area contributed by atoms with Crippen LogP contribution in [-0.4, -0.2) is 23.9 Å². The number of alkyl halides is 1. The predicted molar refractivity (Wildman–Crippen MR) is 79.3 cm³/mol. The Morgan fingerprint density at radius 2 is 2.16 bits per heavy atom. The fourth-order valence-electron chi connectivity index (χ4n) is 2.29. The van der Waals surface area contributed by atoms with Crippen LogP contribution in [0, 0.1) is 0 Å². The van der Waals surface area contributed by atoms with Crippen molar-refractivity contribution in [2.45, 2.75) is 37.8 Å². The minimum absolute atomic E-state index is 0.00879. The number of hydrogen-bond acceptors (Lipinski definition) is 2. The summed E-state index contributed by atoms with van der Waals surface area (Å²) < 4.78 is 5.54. The molecule has 3 nitrogen and oxygen atoms in total. The van der Waals surface area contributed by atoms with Gasteiger partial charge in [-0.05, 0) is 31.7 Å². The third-order valence-corrected chi connectivity index (χ3v) is 4.67. The second-order valence-corrected chi connectivity index (χ2v) is 5.74. The second kappa shape index (κ2) is 6.53. The SMILES string of the molecule is CC(CBr)(NC(=O)C1CCCCO1)c1ccccc1. The highest BCUT2D eigenvalue weighted by Gasteiger charge is 2.31. The normalized spacial score (nSPS) is 22.5. The summed E-state index contributed by atoms with van der Waals surface area (Å²) in [7, 11) is 0. The van der Waals surface area contributed by atoms with E-state index in [1.54, 1.807) is 0 Å². The Kier molecular flexibility index (Phi) is 4.99. The zero-order valence-corrected chi connectivity index (χ0v) is 12.8. The third kappa shape index (κ3) is 3.57. The number of nitrogens with one attached hydrogen (secondary N) is 1. The molecular weight excluding hydrogens is 306 g/mol. The van der Waals surface area contributed by atoms with Crippen molar-refractivity contribution in [3.63, 3.8) is 0 Å². The lowest BCUT2D eigenvalue weighted by molar-refractivity contribution is -0.137. The molecule has 2 atom stereocenters. The highest BCUT2D eigenvalue weighted by Crippen LogP contribution is 2.24. The summed E-state index contributed by atoms with van der Waals surface area (Å²) in [6, 6.07) is 10.0. The van der Waals surface area contributed by atoms with Gasteiger partial charge in [-0.15, -0.1) is 0 Å². The average molecular weight is 326 g/mol. The summed E-state index contributed by atoms with van der Waals surface area (Å²) in [6.45, 7) is 2.71. The number of amides is 1. The maximum absolute atomic E-state index is 12.3. The molecule has 1 heterocycles. The van der Waals surface area contributed by atoms with Crippen molar-refractivity contribution >= 4 is 21.8 Å². The van der Waals surface area contributed by atoms with Crippen molar-refractivity contribution in [3.05, 3.63) is 35.9 Å². The van der Waals surface area contributed by atoms with E-state index >= 15 is 0 Å². The number of hydrogen-bond donors (Lipinski definition) is 1. The first-order valence-corrected chi connectivity index (χ1v) is 7.83. The van der Waals surface area contributed by atoms with Crippen LogP contribution in [0.1, 0.15) is 31.7 Å². The number of benzene rings is 1. The Bertz CT molecular complexity index is 417. The van der Waals surface area contributed by atoms with E-state index in [0.717, 1.165) is 24.8 Å². The van der Waals surface area contributed by atoms with Crippen LogP contribution < -0.4 is 5.32 Å². The van der Waals surface area contributed by atoms with Crippen LogP contribution in [0.3, 0.4) is 0 Å². The van der Waals surface area contributed by atoms with E-state index in [-0.39, 0.29) is 12.0 Å². The average Bonchev–Trinajstić information content (AvgIpc) is 2.49. The molecule has 104 valence electrons. The van der Waals surface area contributed by atoms with Gasteiger partial charge in [0.05, 0.1) is 5.54 Å². The molecule has 1 saturated heterocycles. The van der Waals surface area contributed by atoms with Crippen LogP contribution >= 0.6 is 15.9 Å². The lowest BCUT2D eigenvalue weighted by Gasteiger charge is -2.32. The molecule has 0 aliphatic carbocycles. The lowest BCUT2D eigenvalue weighted by atomic mass is 9.93. The van der Waals surface area contributed by atoms with Crippen molar-refractivity contribution in [2.75, 3.05) is 11.9 Å². The molecule has 0 aromatic heterocycles. The Labute approximate surface area is 122 Å². The minimum Gasteiger partial charge on any atom is -0.368 e. The van der Waals surface area contributed by atoms with Gasteiger partial charge in [0.25, 0.3) is 0 Å². The summed E-state index contributed by atoms with van der Waals surface area (Å²) in [4.78, 5) is 12.3. The van der Waals surface area contributed by atoms with Crippen molar-refractivity contribution in [2.24, 2.45) is 0 Å². The van der Waals surface area contributed by atoms with Crippen LogP contribution in [-0.2, 0) is 15.1 Å².